The fourth-order valence-corrected chi connectivity index (χ4v) is 3.28. The number of fused-ring (bicyclic) bond motifs is 1. The molecule has 7 nitrogen and oxygen atoms in total. The van der Waals surface area contributed by atoms with E-state index in [1.54, 1.807) is 18.2 Å². The van der Waals surface area contributed by atoms with Gasteiger partial charge in [-0.3, -0.25) is 9.59 Å². The van der Waals surface area contributed by atoms with E-state index in [-0.39, 0.29) is 16.6 Å². The third kappa shape index (κ3) is 2.46. The average Bonchev–Trinajstić information content (AvgIpc) is 2.54. The van der Waals surface area contributed by atoms with Crippen LogP contribution in [0.5, 0.6) is 5.75 Å². The van der Waals surface area contributed by atoms with Crippen LogP contribution in [0.15, 0.2) is 53.5 Å². The summed E-state index contributed by atoms with van der Waals surface area (Å²) in [6.45, 7) is 0. The SMILES string of the molecule is CS(=O)(=O)n1c(=O)c(C(=O)c2ccccc2)c(O)c2cccnc21. The Labute approximate surface area is 136 Å². The van der Waals surface area contributed by atoms with Crippen molar-refractivity contribution in [3.05, 3.63) is 70.1 Å². The van der Waals surface area contributed by atoms with Crippen LogP contribution in [0.3, 0.4) is 0 Å². The second-order valence-electron chi connectivity index (χ2n) is 5.13. The van der Waals surface area contributed by atoms with Gasteiger partial charge in [0.25, 0.3) is 5.56 Å². The standard InChI is InChI=1S/C16H12N2O5S/c1-24(22,23)18-15-11(8-5-9-17-15)14(20)12(16(18)21)13(19)10-6-3-2-4-7-10/h2-9,20H,1H3. The molecule has 2 heterocycles. The molecule has 0 unspecified atom stereocenters. The van der Waals surface area contributed by atoms with E-state index in [0.29, 0.717) is 3.97 Å². The molecule has 3 rings (SSSR count). The van der Waals surface area contributed by atoms with Crippen molar-refractivity contribution in [1.29, 1.82) is 0 Å². The van der Waals surface area contributed by atoms with Crippen LogP contribution in [0.2, 0.25) is 0 Å². The van der Waals surface area contributed by atoms with Crippen molar-refractivity contribution in [1.82, 2.24) is 8.96 Å². The van der Waals surface area contributed by atoms with E-state index in [0.717, 1.165) is 6.26 Å². The zero-order valence-corrected chi connectivity index (χ0v) is 13.3. The summed E-state index contributed by atoms with van der Waals surface area (Å²) in [6, 6.07) is 10.7. The Hall–Kier alpha value is -3.00. The minimum Gasteiger partial charge on any atom is -0.506 e. The van der Waals surface area contributed by atoms with Crippen LogP contribution in [-0.2, 0) is 10.0 Å². The quantitative estimate of drug-likeness (QED) is 0.714. The summed E-state index contributed by atoms with van der Waals surface area (Å²) in [4.78, 5) is 29.1. The van der Waals surface area contributed by atoms with Gasteiger partial charge in [-0.1, -0.05) is 30.3 Å². The third-order valence-electron chi connectivity index (χ3n) is 3.46. The highest BCUT2D eigenvalue weighted by Gasteiger charge is 2.26. The topological polar surface area (TPSA) is 106 Å². The normalized spacial score (nSPS) is 11.5. The second kappa shape index (κ2) is 5.57. The minimum atomic E-state index is -4.04. The first-order valence-corrected chi connectivity index (χ1v) is 8.70. The van der Waals surface area contributed by atoms with Crippen LogP contribution in [0.1, 0.15) is 15.9 Å². The smallest absolute Gasteiger partial charge is 0.281 e. The molecule has 0 aliphatic carbocycles. The van der Waals surface area contributed by atoms with Gasteiger partial charge in [0.05, 0.1) is 11.6 Å². The van der Waals surface area contributed by atoms with Crippen molar-refractivity contribution in [2.45, 2.75) is 0 Å². The van der Waals surface area contributed by atoms with Crippen LogP contribution >= 0.6 is 0 Å². The number of pyridine rings is 2. The molecular weight excluding hydrogens is 332 g/mol. The number of ketones is 1. The van der Waals surface area contributed by atoms with E-state index in [2.05, 4.69) is 4.98 Å². The fourth-order valence-electron chi connectivity index (χ4n) is 2.42. The van der Waals surface area contributed by atoms with Gasteiger partial charge in [-0.15, -0.1) is 0 Å². The largest absolute Gasteiger partial charge is 0.506 e. The van der Waals surface area contributed by atoms with Crippen LogP contribution in [0, 0.1) is 0 Å². The van der Waals surface area contributed by atoms with Gasteiger partial charge in [-0.05, 0) is 12.1 Å². The summed E-state index contributed by atoms with van der Waals surface area (Å²) in [5, 5.41) is 10.4. The first-order chi connectivity index (χ1) is 11.3. The van der Waals surface area contributed by atoms with Gasteiger partial charge in [0, 0.05) is 11.8 Å². The predicted octanol–water partition coefficient (Wildman–Crippen LogP) is 1.14. The highest BCUT2D eigenvalue weighted by atomic mass is 32.2. The van der Waals surface area contributed by atoms with E-state index >= 15 is 0 Å². The van der Waals surface area contributed by atoms with Crippen LogP contribution < -0.4 is 5.56 Å². The first-order valence-electron chi connectivity index (χ1n) is 6.85. The lowest BCUT2D eigenvalue weighted by atomic mass is 10.0. The molecule has 24 heavy (non-hydrogen) atoms. The first kappa shape index (κ1) is 15.9. The molecule has 2 aromatic heterocycles. The van der Waals surface area contributed by atoms with Crippen LogP contribution in [-0.4, -0.2) is 34.5 Å². The van der Waals surface area contributed by atoms with Crippen LogP contribution in [0.25, 0.3) is 11.0 Å². The number of aromatic nitrogens is 2. The lowest BCUT2D eigenvalue weighted by molar-refractivity contribution is 0.103. The predicted molar refractivity (Wildman–Crippen MR) is 87.8 cm³/mol. The van der Waals surface area contributed by atoms with Crippen molar-refractivity contribution >= 4 is 26.8 Å². The van der Waals surface area contributed by atoms with Crippen molar-refractivity contribution in [3.8, 4) is 5.75 Å². The van der Waals surface area contributed by atoms with Gasteiger partial charge in [0.1, 0.15) is 11.3 Å². The monoisotopic (exact) mass is 344 g/mol. The van der Waals surface area contributed by atoms with E-state index in [9.17, 15) is 23.1 Å². The van der Waals surface area contributed by atoms with Crippen molar-refractivity contribution in [2.75, 3.05) is 6.26 Å². The Bertz CT molecular complexity index is 1120. The zero-order chi connectivity index (χ0) is 17.5. The van der Waals surface area contributed by atoms with Gasteiger partial charge >= 0.3 is 0 Å². The molecule has 0 saturated heterocycles. The Morgan fingerprint density at radius 3 is 2.42 bits per heavy atom. The summed E-state index contributed by atoms with van der Waals surface area (Å²) < 4.78 is 24.5. The molecule has 1 N–H and O–H groups in total. The van der Waals surface area contributed by atoms with E-state index in [1.165, 1.54) is 30.5 Å². The van der Waals surface area contributed by atoms with Gasteiger partial charge in [-0.2, -0.15) is 3.97 Å². The summed E-state index contributed by atoms with van der Waals surface area (Å²) in [5.41, 5.74) is -1.80. The Kier molecular flexibility index (Phi) is 3.69. The van der Waals surface area contributed by atoms with Gasteiger partial charge in [-0.25, -0.2) is 13.4 Å². The Morgan fingerprint density at radius 1 is 1.12 bits per heavy atom. The van der Waals surface area contributed by atoms with Gasteiger partial charge < -0.3 is 5.11 Å². The van der Waals surface area contributed by atoms with Crippen LogP contribution in [0.4, 0.5) is 0 Å². The number of nitrogens with zero attached hydrogens (tertiary/aromatic N) is 2. The molecule has 0 spiro atoms. The van der Waals surface area contributed by atoms with Gasteiger partial charge in [0.15, 0.2) is 5.65 Å². The molecule has 0 atom stereocenters. The number of hydrogen-bond acceptors (Lipinski definition) is 6. The minimum absolute atomic E-state index is 0.00167. The number of hydrogen-bond donors (Lipinski definition) is 1. The molecule has 0 bridgehead atoms. The lowest BCUT2D eigenvalue weighted by Crippen LogP contribution is -2.32. The number of carbonyl (C=O) groups excluding carboxylic acids is 1. The zero-order valence-electron chi connectivity index (χ0n) is 12.5. The third-order valence-corrected chi connectivity index (χ3v) is 4.47. The molecule has 0 fully saturated rings. The molecule has 3 aromatic rings. The van der Waals surface area contributed by atoms with Gasteiger partial charge in [0.2, 0.25) is 15.8 Å². The molecule has 8 heteroatoms. The second-order valence-corrected chi connectivity index (χ2v) is 6.96. The van der Waals surface area contributed by atoms with Crippen molar-refractivity contribution in [2.24, 2.45) is 0 Å². The summed E-state index contributed by atoms with van der Waals surface area (Å²) in [6.07, 6.45) is 2.12. The van der Waals surface area contributed by atoms with E-state index in [1.807, 2.05) is 0 Å². The summed E-state index contributed by atoms with van der Waals surface area (Å²) >= 11 is 0. The highest BCUT2D eigenvalue weighted by Crippen LogP contribution is 2.27. The molecule has 1 aromatic carbocycles. The number of aromatic hydroxyl groups is 1. The van der Waals surface area contributed by atoms with E-state index < -0.39 is 32.7 Å². The Balaban J connectivity index is 2.47. The molecular formula is C16H12N2O5S. The van der Waals surface area contributed by atoms with Crippen molar-refractivity contribution < 1.29 is 18.3 Å². The maximum absolute atomic E-state index is 12.6. The Morgan fingerprint density at radius 2 is 1.79 bits per heavy atom. The number of rotatable bonds is 3. The maximum atomic E-state index is 12.6. The maximum Gasteiger partial charge on any atom is 0.281 e. The lowest BCUT2D eigenvalue weighted by Gasteiger charge is -2.12. The highest BCUT2D eigenvalue weighted by molar-refractivity contribution is 7.89. The molecule has 0 aliphatic heterocycles. The molecule has 0 radical (unpaired) electrons. The number of benzene rings is 1. The fraction of sp³-hybridized carbons (Fsp3) is 0.0625. The molecule has 0 amide bonds. The average molecular weight is 344 g/mol. The molecule has 0 aliphatic rings. The number of carbonyl (C=O) groups is 1. The van der Waals surface area contributed by atoms with E-state index in [4.69, 9.17) is 0 Å². The van der Waals surface area contributed by atoms with Crippen molar-refractivity contribution in [3.63, 3.8) is 0 Å². The molecule has 122 valence electrons. The molecule has 0 saturated carbocycles. The summed E-state index contributed by atoms with van der Waals surface area (Å²) in [7, 11) is -4.04. The summed E-state index contributed by atoms with van der Waals surface area (Å²) in [5.74, 6) is -1.35.